The Morgan fingerprint density at radius 1 is 1.09 bits per heavy atom. The van der Waals surface area contributed by atoms with Gasteiger partial charge >= 0.3 is 17.9 Å². The van der Waals surface area contributed by atoms with E-state index in [2.05, 4.69) is 42.5 Å². The number of aryl methyl sites for hydroxylation is 2. The van der Waals surface area contributed by atoms with E-state index in [0.717, 1.165) is 65.8 Å². The Hall–Kier alpha value is -4.32. The molecule has 12 nitrogen and oxygen atoms in total. The largest absolute Gasteiger partial charge is 0.444 e. The minimum atomic E-state index is -0.490. The van der Waals surface area contributed by atoms with Crippen LogP contribution in [0.25, 0.3) is 22.3 Å². The van der Waals surface area contributed by atoms with Crippen LogP contribution in [0.3, 0.4) is 0 Å². The van der Waals surface area contributed by atoms with Crippen molar-refractivity contribution < 1.29 is 18.8 Å². The summed E-state index contributed by atoms with van der Waals surface area (Å²) in [5.74, 6) is 0.0539. The quantitative estimate of drug-likeness (QED) is 0.288. The molecular weight excluding hydrogens is 596 g/mol. The molecule has 6 rings (SSSR count). The second-order valence-corrected chi connectivity index (χ2v) is 14.9. The third-order valence-corrected chi connectivity index (χ3v) is 9.08. The minimum absolute atomic E-state index is 0.0399. The molecule has 2 N–H and O–H groups in total. The van der Waals surface area contributed by atoms with Crippen molar-refractivity contribution in [2.75, 3.05) is 26.2 Å². The maximum Gasteiger partial charge on any atom is 0.410 e. The average Bonchev–Trinajstić information content (AvgIpc) is 3.66. The SMILES string of the molecule is Cc1cc(-c2ncnc3[nH]c4c(c23)CCC(N2CCN(C(=O)OC(C)(C)C)CC2)C4)ccc1[C@@H](C)NC(=O)c1nc(C(C)(C)C)no1. The molecule has 1 saturated heterocycles. The first-order valence-electron chi connectivity index (χ1n) is 16.5. The fourth-order valence-electron chi connectivity index (χ4n) is 6.63. The zero-order valence-corrected chi connectivity index (χ0v) is 28.7. The van der Waals surface area contributed by atoms with Gasteiger partial charge in [-0.05, 0) is 70.2 Å². The van der Waals surface area contributed by atoms with Crippen molar-refractivity contribution in [1.29, 1.82) is 0 Å². The number of amides is 2. The molecule has 12 heteroatoms. The molecule has 2 aliphatic rings. The normalized spacial score (nSPS) is 18.2. The van der Waals surface area contributed by atoms with E-state index >= 15 is 0 Å². The molecule has 1 aromatic carbocycles. The van der Waals surface area contributed by atoms with Gasteiger partial charge in [-0.25, -0.2) is 14.8 Å². The van der Waals surface area contributed by atoms with E-state index in [-0.39, 0.29) is 23.4 Å². The Kier molecular flexibility index (Phi) is 8.58. The first-order valence-corrected chi connectivity index (χ1v) is 16.5. The number of nitrogens with one attached hydrogen (secondary N) is 2. The topological polar surface area (TPSA) is 142 Å². The van der Waals surface area contributed by atoms with Gasteiger partial charge in [0.2, 0.25) is 0 Å². The van der Waals surface area contributed by atoms with Crippen LogP contribution < -0.4 is 5.32 Å². The lowest BCUT2D eigenvalue weighted by atomic mass is 9.89. The molecule has 47 heavy (non-hydrogen) atoms. The third-order valence-electron chi connectivity index (χ3n) is 9.08. The molecule has 0 radical (unpaired) electrons. The van der Waals surface area contributed by atoms with Crippen LogP contribution in [0.1, 0.15) is 99.8 Å². The number of piperazine rings is 1. The number of ether oxygens (including phenoxy) is 1. The predicted octanol–water partition coefficient (Wildman–Crippen LogP) is 5.51. The number of carbonyl (C=O) groups is 2. The fourth-order valence-corrected chi connectivity index (χ4v) is 6.63. The average molecular weight is 643 g/mol. The van der Waals surface area contributed by atoms with E-state index in [1.807, 2.05) is 66.4 Å². The lowest BCUT2D eigenvalue weighted by Gasteiger charge is -2.40. The first kappa shape index (κ1) is 32.6. The molecular formula is C35H46N8O4. The summed E-state index contributed by atoms with van der Waals surface area (Å²) in [7, 11) is 0. The first-order chi connectivity index (χ1) is 22.2. The second kappa shape index (κ2) is 12.4. The summed E-state index contributed by atoms with van der Waals surface area (Å²) in [6, 6.07) is 6.36. The number of carbonyl (C=O) groups excluding carboxylic acids is 2. The standard InChI is InChI=1S/C35H46N8O4/c1-20-17-22(9-11-24(20)21(2)38-30(44)31-40-32(41-47-31)34(3,4)5)28-27-25-12-10-23(18-26(25)39-29(27)37-19-36-28)42-13-15-43(16-14-42)33(45)46-35(6,7)8/h9,11,17,19,21,23H,10,12-16,18H2,1-8H3,(H,38,44)(H,36,37,39)/t21-,23?/m1/s1. The van der Waals surface area contributed by atoms with Gasteiger partial charge in [0.05, 0.1) is 11.7 Å². The Morgan fingerprint density at radius 3 is 2.49 bits per heavy atom. The highest BCUT2D eigenvalue weighted by atomic mass is 16.6. The molecule has 3 aromatic heterocycles. The number of fused-ring (bicyclic) bond motifs is 3. The van der Waals surface area contributed by atoms with Gasteiger partial charge in [-0.1, -0.05) is 38.1 Å². The van der Waals surface area contributed by atoms with Crippen LogP contribution in [0.2, 0.25) is 0 Å². The number of hydrogen-bond acceptors (Lipinski definition) is 9. The molecule has 1 aliphatic heterocycles. The molecule has 2 atom stereocenters. The van der Waals surface area contributed by atoms with Gasteiger partial charge in [0.15, 0.2) is 5.82 Å². The number of H-pyrrole nitrogens is 1. The lowest BCUT2D eigenvalue weighted by Crippen LogP contribution is -2.53. The summed E-state index contributed by atoms with van der Waals surface area (Å²) in [4.78, 5) is 47.0. The molecule has 1 unspecified atom stereocenters. The van der Waals surface area contributed by atoms with Gasteiger partial charge in [-0.2, -0.15) is 4.98 Å². The molecule has 2 amide bonds. The maximum absolute atomic E-state index is 12.9. The molecule has 4 aromatic rings. The highest BCUT2D eigenvalue weighted by Gasteiger charge is 2.33. The Bertz CT molecular complexity index is 1790. The van der Waals surface area contributed by atoms with Crippen LogP contribution >= 0.6 is 0 Å². The highest BCUT2D eigenvalue weighted by Crippen LogP contribution is 2.36. The second-order valence-electron chi connectivity index (χ2n) is 14.9. The summed E-state index contributed by atoms with van der Waals surface area (Å²) in [6.45, 7) is 18.6. The van der Waals surface area contributed by atoms with E-state index in [1.54, 1.807) is 6.33 Å². The zero-order chi connectivity index (χ0) is 33.7. The molecule has 250 valence electrons. The van der Waals surface area contributed by atoms with E-state index in [0.29, 0.717) is 25.0 Å². The summed E-state index contributed by atoms with van der Waals surface area (Å²) in [5, 5.41) is 8.04. The van der Waals surface area contributed by atoms with Crippen LogP contribution in [0.4, 0.5) is 4.79 Å². The zero-order valence-electron chi connectivity index (χ0n) is 28.7. The van der Waals surface area contributed by atoms with E-state index in [1.165, 1.54) is 11.3 Å². The number of benzene rings is 1. The molecule has 1 aliphatic carbocycles. The molecule has 0 saturated carbocycles. The molecule has 1 fully saturated rings. The van der Waals surface area contributed by atoms with E-state index in [4.69, 9.17) is 14.2 Å². The number of nitrogens with zero attached hydrogens (tertiary/aromatic N) is 6. The maximum atomic E-state index is 12.9. The smallest absolute Gasteiger partial charge is 0.410 e. The summed E-state index contributed by atoms with van der Waals surface area (Å²) in [5.41, 5.74) is 6.50. The van der Waals surface area contributed by atoms with Crippen LogP contribution in [0.5, 0.6) is 0 Å². The van der Waals surface area contributed by atoms with E-state index < -0.39 is 11.5 Å². The van der Waals surface area contributed by atoms with Gasteiger partial charge < -0.3 is 24.5 Å². The van der Waals surface area contributed by atoms with Gasteiger partial charge in [0.25, 0.3) is 0 Å². The minimum Gasteiger partial charge on any atom is -0.444 e. The van der Waals surface area contributed by atoms with Crippen LogP contribution in [-0.2, 0) is 23.0 Å². The van der Waals surface area contributed by atoms with Crippen molar-refractivity contribution in [3.63, 3.8) is 0 Å². The summed E-state index contributed by atoms with van der Waals surface area (Å²) < 4.78 is 10.8. The molecule has 4 heterocycles. The van der Waals surface area contributed by atoms with Crippen molar-refractivity contribution >= 4 is 23.0 Å². The third kappa shape index (κ3) is 6.88. The Morgan fingerprint density at radius 2 is 1.83 bits per heavy atom. The fraction of sp³-hybridized carbons (Fsp3) is 0.543. The molecule has 0 spiro atoms. The van der Waals surface area contributed by atoms with Crippen LogP contribution in [0.15, 0.2) is 29.0 Å². The monoisotopic (exact) mass is 642 g/mol. The summed E-state index contributed by atoms with van der Waals surface area (Å²) >= 11 is 0. The number of aromatic nitrogens is 5. The van der Waals surface area contributed by atoms with Gasteiger partial charge in [0, 0.05) is 60.7 Å². The van der Waals surface area contributed by atoms with Gasteiger partial charge in [-0.3, -0.25) is 9.69 Å². The summed E-state index contributed by atoms with van der Waals surface area (Å²) in [6.07, 6.45) is 4.26. The van der Waals surface area contributed by atoms with Crippen LogP contribution in [0, 0.1) is 6.92 Å². The number of rotatable bonds is 5. The van der Waals surface area contributed by atoms with Crippen molar-refractivity contribution in [3.05, 3.63) is 58.6 Å². The molecule has 0 bridgehead atoms. The Labute approximate surface area is 275 Å². The van der Waals surface area contributed by atoms with Crippen molar-refractivity contribution in [2.45, 2.75) is 97.8 Å². The highest BCUT2D eigenvalue weighted by molar-refractivity contribution is 5.95. The van der Waals surface area contributed by atoms with Crippen molar-refractivity contribution in [1.82, 2.24) is 40.2 Å². The van der Waals surface area contributed by atoms with Crippen LogP contribution in [-0.4, -0.2) is 84.7 Å². The van der Waals surface area contributed by atoms with E-state index in [9.17, 15) is 9.59 Å². The number of hydrogen-bond donors (Lipinski definition) is 2. The lowest BCUT2D eigenvalue weighted by molar-refractivity contribution is 0.00953. The van der Waals surface area contributed by atoms with Gasteiger partial charge in [-0.15, -0.1) is 0 Å². The number of aromatic amines is 1. The predicted molar refractivity (Wildman–Crippen MR) is 178 cm³/mol. The van der Waals surface area contributed by atoms with Gasteiger partial charge in [0.1, 0.15) is 17.6 Å². The van der Waals surface area contributed by atoms with Crippen molar-refractivity contribution in [2.24, 2.45) is 0 Å². The Balaban J connectivity index is 1.15. The van der Waals surface area contributed by atoms with Crippen molar-refractivity contribution in [3.8, 4) is 11.3 Å².